The van der Waals surface area contributed by atoms with Crippen molar-refractivity contribution in [1.29, 1.82) is 0 Å². The third-order valence-corrected chi connectivity index (χ3v) is 2.45. The minimum Gasteiger partial charge on any atom is -0.399 e. The van der Waals surface area contributed by atoms with Gasteiger partial charge in [-0.05, 0) is 24.3 Å². The van der Waals surface area contributed by atoms with Gasteiger partial charge < -0.3 is 5.73 Å². The molecule has 0 atom stereocenters. The Morgan fingerprint density at radius 2 is 0.800 bits per heavy atom. The Bertz CT molecular complexity index is 474. The molecule has 0 saturated carbocycles. The number of anilines is 1. The van der Waals surface area contributed by atoms with Crippen molar-refractivity contribution in [2.75, 3.05) is 5.73 Å². The van der Waals surface area contributed by atoms with Gasteiger partial charge in [-0.1, -0.05) is 84.4 Å². The number of nitrogen functional groups attached to an aromatic ring is 1. The summed E-state index contributed by atoms with van der Waals surface area (Å²) in [5.74, 6) is 0. The number of nitrogens with two attached hydrogens (primary N) is 1. The summed E-state index contributed by atoms with van der Waals surface area (Å²) in [5.41, 5.74) is 6.18. The van der Waals surface area contributed by atoms with Crippen LogP contribution in [0.15, 0.2) is 97.1 Å². The summed E-state index contributed by atoms with van der Waals surface area (Å²) in [4.78, 5) is 0. The maximum absolute atomic E-state index is 5.54. The van der Waals surface area contributed by atoms with Crippen molar-refractivity contribution < 1.29 is 0 Å². The molecule has 0 amide bonds. The van der Waals surface area contributed by atoms with Crippen LogP contribution in [0, 0.1) is 0 Å². The molecule has 0 bridgehead atoms. The minimum absolute atomic E-state index is 0.794. The second kappa shape index (κ2) is 10.7. The molecule has 1 nitrogen and oxygen atoms in total. The van der Waals surface area contributed by atoms with Crippen molar-refractivity contribution in [1.82, 2.24) is 0 Å². The van der Waals surface area contributed by atoms with E-state index in [2.05, 4.69) is 0 Å². The summed E-state index contributed by atoms with van der Waals surface area (Å²) in [7, 11) is 0. The van der Waals surface area contributed by atoms with E-state index in [1.807, 2.05) is 97.1 Å². The van der Waals surface area contributed by atoms with Gasteiger partial charge in [-0.25, -0.2) is 0 Å². The van der Waals surface area contributed by atoms with Gasteiger partial charge in [0.25, 0.3) is 0 Å². The van der Waals surface area contributed by atoms with Crippen molar-refractivity contribution in [3.8, 4) is 0 Å². The van der Waals surface area contributed by atoms with Crippen molar-refractivity contribution in [2.24, 2.45) is 0 Å². The van der Waals surface area contributed by atoms with Gasteiger partial charge in [0.2, 0.25) is 0 Å². The lowest BCUT2D eigenvalue weighted by atomic mass is 10.3. The molecule has 0 heterocycles. The van der Waals surface area contributed by atoms with Gasteiger partial charge in [-0.15, -0.1) is 0 Å². The third kappa shape index (κ3) is 8.78. The van der Waals surface area contributed by atoms with Crippen LogP contribution in [0.25, 0.3) is 0 Å². The van der Waals surface area contributed by atoms with Crippen LogP contribution in [-0.4, -0.2) is 0 Å². The average molecular weight is 284 g/mol. The minimum atomic E-state index is 0.794. The number of halogens is 1. The maximum atomic E-state index is 5.54. The zero-order valence-corrected chi connectivity index (χ0v) is 11.9. The SMILES string of the molecule is Clc1ccccc1.Nc1ccccc1.c1ccccc1. The maximum Gasteiger partial charge on any atom is 0.0405 e. The number of benzene rings is 3. The zero-order chi connectivity index (χ0) is 14.5. The van der Waals surface area contributed by atoms with Crippen LogP contribution in [0.1, 0.15) is 0 Å². The predicted molar refractivity (Wildman–Crippen MR) is 88.7 cm³/mol. The predicted octanol–water partition coefficient (Wildman–Crippen LogP) is 5.30. The molecule has 0 aliphatic carbocycles. The number of hydrogen-bond acceptors (Lipinski definition) is 1. The fourth-order valence-electron chi connectivity index (χ4n) is 1.25. The van der Waals surface area contributed by atoms with E-state index >= 15 is 0 Å². The highest BCUT2D eigenvalue weighted by molar-refractivity contribution is 6.30. The Morgan fingerprint density at radius 1 is 0.500 bits per heavy atom. The van der Waals surface area contributed by atoms with Crippen molar-refractivity contribution in [3.63, 3.8) is 0 Å². The second-order valence-electron chi connectivity index (χ2n) is 3.86. The Labute approximate surface area is 125 Å². The molecule has 0 radical (unpaired) electrons. The molecule has 0 unspecified atom stereocenters. The van der Waals surface area contributed by atoms with Crippen LogP contribution >= 0.6 is 11.6 Å². The Kier molecular flexibility index (Phi) is 8.42. The molecule has 0 spiro atoms. The highest BCUT2D eigenvalue weighted by Crippen LogP contribution is 2.03. The van der Waals surface area contributed by atoms with E-state index in [9.17, 15) is 0 Å². The largest absolute Gasteiger partial charge is 0.399 e. The number of para-hydroxylation sites is 1. The molecule has 0 aliphatic rings. The highest BCUT2D eigenvalue weighted by Gasteiger charge is 1.75. The fraction of sp³-hybridized carbons (Fsp3) is 0. The van der Waals surface area contributed by atoms with E-state index < -0.39 is 0 Å². The standard InChI is InChI=1S/C6H5Cl.C6H7N.C6H6/c2*7-6-4-2-1-3-5-6;1-2-4-6-5-3-1/h1-5H;1-5H,7H2;1-6H. The summed E-state index contributed by atoms with van der Waals surface area (Å²) >= 11 is 5.54. The van der Waals surface area contributed by atoms with Crippen LogP contribution in [0.4, 0.5) is 5.69 Å². The molecule has 102 valence electrons. The lowest BCUT2D eigenvalue weighted by molar-refractivity contribution is 1.69. The van der Waals surface area contributed by atoms with Crippen LogP contribution in [-0.2, 0) is 0 Å². The quantitative estimate of drug-likeness (QED) is 0.557. The average Bonchev–Trinajstić information content (AvgIpc) is 2.52. The molecule has 0 saturated heterocycles. The van der Waals surface area contributed by atoms with Crippen molar-refractivity contribution in [3.05, 3.63) is 102 Å². The zero-order valence-electron chi connectivity index (χ0n) is 11.2. The van der Waals surface area contributed by atoms with Crippen LogP contribution in [0.3, 0.4) is 0 Å². The normalized spacial score (nSPS) is 8.45. The van der Waals surface area contributed by atoms with E-state index in [-0.39, 0.29) is 0 Å². The second-order valence-corrected chi connectivity index (χ2v) is 4.30. The van der Waals surface area contributed by atoms with Gasteiger partial charge in [0, 0.05) is 10.7 Å². The molecule has 3 aromatic rings. The summed E-state index contributed by atoms with van der Waals surface area (Å²) in [6, 6.07) is 30.9. The fourth-order valence-corrected chi connectivity index (χ4v) is 1.40. The van der Waals surface area contributed by atoms with Crippen LogP contribution in [0.5, 0.6) is 0 Å². The Morgan fingerprint density at radius 3 is 1.00 bits per heavy atom. The Hall–Kier alpha value is -2.25. The van der Waals surface area contributed by atoms with Crippen molar-refractivity contribution in [2.45, 2.75) is 0 Å². The van der Waals surface area contributed by atoms with Crippen LogP contribution < -0.4 is 5.73 Å². The molecule has 0 aromatic heterocycles. The first kappa shape index (κ1) is 15.8. The van der Waals surface area contributed by atoms with E-state index in [1.165, 1.54) is 0 Å². The topological polar surface area (TPSA) is 26.0 Å². The van der Waals surface area contributed by atoms with E-state index in [4.69, 9.17) is 17.3 Å². The summed E-state index contributed by atoms with van der Waals surface area (Å²) in [6.45, 7) is 0. The van der Waals surface area contributed by atoms with Gasteiger partial charge in [0.15, 0.2) is 0 Å². The van der Waals surface area contributed by atoms with E-state index in [0.29, 0.717) is 0 Å². The third-order valence-electron chi connectivity index (χ3n) is 2.20. The molecule has 0 aliphatic heterocycles. The molecule has 2 N–H and O–H groups in total. The first-order valence-electron chi connectivity index (χ1n) is 6.30. The number of rotatable bonds is 0. The van der Waals surface area contributed by atoms with Gasteiger partial charge in [-0.3, -0.25) is 0 Å². The first-order chi connectivity index (χ1) is 9.79. The molecule has 20 heavy (non-hydrogen) atoms. The number of hydrogen-bond donors (Lipinski definition) is 1. The highest BCUT2D eigenvalue weighted by atomic mass is 35.5. The molecule has 3 aromatic carbocycles. The van der Waals surface area contributed by atoms with Crippen molar-refractivity contribution >= 4 is 17.3 Å². The summed E-state index contributed by atoms with van der Waals surface area (Å²) in [6.07, 6.45) is 0. The smallest absolute Gasteiger partial charge is 0.0405 e. The molecule has 0 fully saturated rings. The monoisotopic (exact) mass is 283 g/mol. The lowest BCUT2D eigenvalue weighted by Crippen LogP contribution is -1.79. The van der Waals surface area contributed by atoms with E-state index in [1.54, 1.807) is 0 Å². The Balaban J connectivity index is 0.000000151. The van der Waals surface area contributed by atoms with Gasteiger partial charge in [-0.2, -0.15) is 0 Å². The molecule has 2 heteroatoms. The van der Waals surface area contributed by atoms with Gasteiger partial charge in [0.05, 0.1) is 0 Å². The van der Waals surface area contributed by atoms with Crippen LogP contribution in [0.2, 0.25) is 5.02 Å². The van der Waals surface area contributed by atoms with E-state index in [0.717, 1.165) is 10.7 Å². The lowest BCUT2D eigenvalue weighted by Gasteiger charge is -1.83. The molecule has 3 rings (SSSR count). The summed E-state index contributed by atoms with van der Waals surface area (Å²) < 4.78 is 0. The van der Waals surface area contributed by atoms with Gasteiger partial charge in [0.1, 0.15) is 0 Å². The van der Waals surface area contributed by atoms with Gasteiger partial charge >= 0.3 is 0 Å². The summed E-state index contributed by atoms with van der Waals surface area (Å²) in [5, 5.41) is 0.794. The molecular weight excluding hydrogens is 266 g/mol. The first-order valence-corrected chi connectivity index (χ1v) is 6.68. The molecular formula is C18H18ClN.